The number of amides is 1. The predicted molar refractivity (Wildman–Crippen MR) is 147 cm³/mol. The summed E-state index contributed by atoms with van der Waals surface area (Å²) in [5.74, 6) is 0.904. The van der Waals surface area contributed by atoms with E-state index < -0.39 is 6.04 Å². The molecule has 0 aliphatic carbocycles. The van der Waals surface area contributed by atoms with Crippen LogP contribution < -0.4 is 20.1 Å². The molecule has 186 valence electrons. The number of ether oxygens (including phenoxy) is 2. The van der Waals surface area contributed by atoms with Crippen LogP contribution in [0.3, 0.4) is 0 Å². The van der Waals surface area contributed by atoms with E-state index in [9.17, 15) is 4.79 Å². The topological polar surface area (TPSA) is 83.4 Å². The molecule has 0 radical (unpaired) electrons. The second kappa shape index (κ2) is 12.6. The maximum absolute atomic E-state index is 13.4. The van der Waals surface area contributed by atoms with Crippen LogP contribution in [0, 0.1) is 11.3 Å². The summed E-state index contributed by atoms with van der Waals surface area (Å²) in [6.45, 7) is 0.774. The highest BCUT2D eigenvalue weighted by Gasteiger charge is 2.22. The highest BCUT2D eigenvalue weighted by Crippen LogP contribution is 2.32. The van der Waals surface area contributed by atoms with Crippen LogP contribution in [0.1, 0.15) is 28.3 Å². The molecule has 6 nitrogen and oxygen atoms in total. The lowest BCUT2D eigenvalue weighted by Gasteiger charge is -2.21. The van der Waals surface area contributed by atoms with E-state index in [0.29, 0.717) is 41.5 Å². The average molecular weight is 556 g/mol. The molecule has 4 aromatic carbocycles. The number of nitrogens with zero attached hydrogens (tertiary/aromatic N) is 1. The number of benzene rings is 4. The molecule has 0 saturated heterocycles. The standard InChI is InChI=1S/C30H26BrN3O3/c1-36-28-17-24(12-15-27(28)37-20-23-8-5-9-25(31)16-23)29(34-26-13-10-21(18-32)11-14-26)30(35)33-19-22-6-3-2-4-7-22/h2-17,29,34H,19-20H2,1H3,(H,33,35). The van der Waals surface area contributed by atoms with Gasteiger partial charge in [-0.05, 0) is 65.2 Å². The SMILES string of the molecule is COc1cc(C(Nc2ccc(C#N)cc2)C(=O)NCc2ccccc2)ccc1OCc1cccc(Br)c1. The Labute approximate surface area is 225 Å². The zero-order valence-electron chi connectivity index (χ0n) is 20.3. The highest BCUT2D eigenvalue weighted by molar-refractivity contribution is 9.10. The van der Waals surface area contributed by atoms with E-state index in [2.05, 4.69) is 32.6 Å². The second-order valence-corrected chi connectivity index (χ2v) is 9.21. The van der Waals surface area contributed by atoms with Gasteiger partial charge < -0.3 is 20.1 Å². The van der Waals surface area contributed by atoms with Gasteiger partial charge >= 0.3 is 0 Å². The van der Waals surface area contributed by atoms with Crippen LogP contribution in [-0.4, -0.2) is 13.0 Å². The summed E-state index contributed by atoms with van der Waals surface area (Å²) in [5, 5.41) is 15.4. The molecule has 0 aliphatic rings. The van der Waals surface area contributed by atoms with E-state index in [1.807, 2.05) is 66.7 Å². The average Bonchev–Trinajstić information content (AvgIpc) is 2.94. The first-order chi connectivity index (χ1) is 18.1. The van der Waals surface area contributed by atoms with Crippen molar-refractivity contribution in [2.45, 2.75) is 19.2 Å². The van der Waals surface area contributed by atoms with E-state index in [-0.39, 0.29) is 5.91 Å². The van der Waals surface area contributed by atoms with Gasteiger partial charge in [-0.2, -0.15) is 5.26 Å². The second-order valence-electron chi connectivity index (χ2n) is 8.30. The van der Waals surface area contributed by atoms with Gasteiger partial charge in [0.15, 0.2) is 11.5 Å². The van der Waals surface area contributed by atoms with Crippen molar-refractivity contribution in [2.75, 3.05) is 12.4 Å². The van der Waals surface area contributed by atoms with Crippen molar-refractivity contribution in [1.82, 2.24) is 5.32 Å². The lowest BCUT2D eigenvalue weighted by atomic mass is 10.0. The minimum absolute atomic E-state index is 0.196. The summed E-state index contributed by atoms with van der Waals surface area (Å²) in [6.07, 6.45) is 0. The molecule has 0 bridgehead atoms. The number of rotatable bonds is 10. The Morgan fingerprint density at radius 2 is 1.68 bits per heavy atom. The number of carbonyl (C=O) groups excluding carboxylic acids is 1. The molecule has 4 aromatic rings. The molecular weight excluding hydrogens is 530 g/mol. The molecule has 7 heteroatoms. The molecule has 1 amide bonds. The van der Waals surface area contributed by atoms with Crippen LogP contribution in [0.15, 0.2) is 102 Å². The molecular formula is C30H26BrN3O3. The number of nitriles is 1. The summed E-state index contributed by atoms with van der Waals surface area (Å²) in [5.41, 5.74) is 3.99. The highest BCUT2D eigenvalue weighted by atomic mass is 79.9. The third-order valence-corrected chi connectivity index (χ3v) is 6.19. The summed E-state index contributed by atoms with van der Waals surface area (Å²) in [6, 6.07) is 31.5. The monoisotopic (exact) mass is 555 g/mol. The molecule has 37 heavy (non-hydrogen) atoms. The van der Waals surface area contributed by atoms with Gasteiger partial charge in [0.25, 0.3) is 0 Å². The number of nitrogens with one attached hydrogen (secondary N) is 2. The van der Waals surface area contributed by atoms with Gasteiger partial charge in [0.05, 0.1) is 18.7 Å². The quantitative estimate of drug-likeness (QED) is 0.237. The van der Waals surface area contributed by atoms with E-state index >= 15 is 0 Å². The molecule has 0 heterocycles. The molecule has 4 rings (SSSR count). The fourth-order valence-electron chi connectivity index (χ4n) is 3.77. The van der Waals surface area contributed by atoms with Crippen LogP contribution in [-0.2, 0) is 17.9 Å². The zero-order valence-corrected chi connectivity index (χ0v) is 21.9. The van der Waals surface area contributed by atoms with Crippen LogP contribution in [0.2, 0.25) is 0 Å². The van der Waals surface area contributed by atoms with Crippen LogP contribution in [0.5, 0.6) is 11.5 Å². The van der Waals surface area contributed by atoms with Crippen molar-refractivity contribution in [2.24, 2.45) is 0 Å². The number of anilines is 1. The van der Waals surface area contributed by atoms with Crippen LogP contribution >= 0.6 is 15.9 Å². The van der Waals surface area contributed by atoms with Gasteiger partial charge in [0.1, 0.15) is 12.6 Å². The minimum Gasteiger partial charge on any atom is -0.493 e. The van der Waals surface area contributed by atoms with Gasteiger partial charge in [0.2, 0.25) is 5.91 Å². The molecule has 0 aromatic heterocycles. The fraction of sp³-hybridized carbons (Fsp3) is 0.133. The number of carbonyl (C=O) groups is 1. The van der Waals surface area contributed by atoms with E-state index in [1.165, 1.54) is 0 Å². The molecule has 0 aliphatic heterocycles. The first-order valence-corrected chi connectivity index (χ1v) is 12.5. The minimum atomic E-state index is -0.704. The maximum Gasteiger partial charge on any atom is 0.247 e. The maximum atomic E-state index is 13.4. The number of hydrogen-bond acceptors (Lipinski definition) is 5. The van der Waals surface area contributed by atoms with Gasteiger partial charge in [-0.1, -0.05) is 64.5 Å². The van der Waals surface area contributed by atoms with Gasteiger partial charge in [-0.25, -0.2) is 0 Å². The van der Waals surface area contributed by atoms with E-state index in [4.69, 9.17) is 14.7 Å². The Balaban J connectivity index is 1.56. The number of hydrogen-bond donors (Lipinski definition) is 2. The van der Waals surface area contributed by atoms with Crippen molar-refractivity contribution in [3.8, 4) is 17.6 Å². The molecule has 0 spiro atoms. The molecule has 0 saturated carbocycles. The van der Waals surface area contributed by atoms with E-state index in [0.717, 1.165) is 15.6 Å². The lowest BCUT2D eigenvalue weighted by Crippen LogP contribution is -2.33. The molecule has 0 fully saturated rings. The van der Waals surface area contributed by atoms with Gasteiger partial charge in [-0.3, -0.25) is 4.79 Å². The molecule has 1 unspecified atom stereocenters. The Morgan fingerprint density at radius 1 is 0.919 bits per heavy atom. The largest absolute Gasteiger partial charge is 0.493 e. The molecule has 1 atom stereocenters. The lowest BCUT2D eigenvalue weighted by molar-refractivity contribution is -0.122. The smallest absolute Gasteiger partial charge is 0.247 e. The fourth-order valence-corrected chi connectivity index (χ4v) is 4.21. The van der Waals surface area contributed by atoms with Crippen LogP contribution in [0.25, 0.3) is 0 Å². The molecule has 2 N–H and O–H groups in total. The Morgan fingerprint density at radius 3 is 2.38 bits per heavy atom. The van der Waals surface area contributed by atoms with Crippen molar-refractivity contribution in [3.63, 3.8) is 0 Å². The first kappa shape index (κ1) is 25.8. The van der Waals surface area contributed by atoms with Crippen LogP contribution in [0.4, 0.5) is 5.69 Å². The first-order valence-electron chi connectivity index (χ1n) is 11.7. The number of halogens is 1. The van der Waals surface area contributed by atoms with Gasteiger partial charge in [0, 0.05) is 16.7 Å². The number of methoxy groups -OCH3 is 1. The van der Waals surface area contributed by atoms with Crippen molar-refractivity contribution in [1.29, 1.82) is 5.26 Å². The third-order valence-electron chi connectivity index (χ3n) is 5.70. The summed E-state index contributed by atoms with van der Waals surface area (Å²) >= 11 is 3.48. The summed E-state index contributed by atoms with van der Waals surface area (Å²) in [4.78, 5) is 13.4. The normalized spacial score (nSPS) is 11.2. The summed E-state index contributed by atoms with van der Waals surface area (Å²) in [7, 11) is 1.57. The Kier molecular flexibility index (Phi) is 8.79. The van der Waals surface area contributed by atoms with Crippen molar-refractivity contribution >= 4 is 27.5 Å². The summed E-state index contributed by atoms with van der Waals surface area (Å²) < 4.78 is 12.6. The zero-order chi connectivity index (χ0) is 26.0. The van der Waals surface area contributed by atoms with E-state index in [1.54, 1.807) is 37.4 Å². The Bertz CT molecular complexity index is 1390. The predicted octanol–water partition coefficient (Wildman–Crippen LogP) is 6.38. The third kappa shape index (κ3) is 7.12. The van der Waals surface area contributed by atoms with Crippen molar-refractivity contribution < 1.29 is 14.3 Å². The van der Waals surface area contributed by atoms with Gasteiger partial charge in [-0.15, -0.1) is 0 Å². The Hall–Kier alpha value is -4.28. The van der Waals surface area contributed by atoms with Crippen molar-refractivity contribution in [3.05, 3.63) is 124 Å².